The average Bonchev–Trinajstić information content (AvgIpc) is 4.12. The highest BCUT2D eigenvalue weighted by Crippen LogP contribution is 2.44. The van der Waals surface area contributed by atoms with Gasteiger partial charge >= 0.3 is 0 Å². The molecule has 0 spiro atoms. The van der Waals surface area contributed by atoms with Crippen molar-refractivity contribution in [3.63, 3.8) is 0 Å². The van der Waals surface area contributed by atoms with Crippen LogP contribution in [-0.2, 0) is 0 Å². The van der Waals surface area contributed by atoms with Gasteiger partial charge in [0.2, 0.25) is 0 Å². The van der Waals surface area contributed by atoms with Crippen molar-refractivity contribution in [2.75, 3.05) is 0 Å². The fourth-order valence-electron chi connectivity index (χ4n) is 12.2. The summed E-state index contributed by atoms with van der Waals surface area (Å²) in [6, 6.07) is 83.8. The maximum atomic E-state index is 2.47. The van der Waals surface area contributed by atoms with Gasteiger partial charge in [-0.05, 0) is 110 Å². The highest BCUT2D eigenvalue weighted by Gasteiger charge is 2.21. The Hall–Kier alpha value is -8.92. The van der Waals surface area contributed by atoms with Gasteiger partial charge in [0.1, 0.15) is 0 Å². The van der Waals surface area contributed by atoms with E-state index in [0.717, 1.165) is 5.69 Å². The molecule has 67 heavy (non-hydrogen) atoms. The molecule has 0 radical (unpaired) electrons. The van der Waals surface area contributed by atoms with Crippen LogP contribution in [0.4, 0.5) is 0 Å². The van der Waals surface area contributed by atoms with Crippen LogP contribution in [0.3, 0.4) is 0 Å². The lowest BCUT2D eigenvalue weighted by Crippen LogP contribution is -1.96. The van der Waals surface area contributed by atoms with Gasteiger partial charge in [-0.25, -0.2) is 0 Å². The van der Waals surface area contributed by atoms with Gasteiger partial charge in [-0.3, -0.25) is 0 Å². The Balaban J connectivity index is 0.797. The van der Waals surface area contributed by atoms with E-state index in [0.29, 0.717) is 0 Å². The molecule has 0 bridgehead atoms. The Kier molecular flexibility index (Phi) is 6.81. The summed E-state index contributed by atoms with van der Waals surface area (Å²) < 4.78 is 7.39. The molecule has 16 aromatic rings. The minimum atomic E-state index is 1.16. The predicted octanol–water partition coefficient (Wildman–Crippen LogP) is 17.3. The third-order valence-electron chi connectivity index (χ3n) is 15.1. The molecule has 0 aliphatic heterocycles. The standard InChI is InChI=1S/C64H37N3/c1-6-18-57-46(11-1)50-14-8-15-51-49-31-29-45(37-61(49)67(57)64(50)51)65-55-16-4-2-12-47(55)53-35-43(27-33-59(53)65)38-19-21-39(22-20-38)44-28-34-60-54(36-44)48-13-3-5-17-56(48)66(60)58-32-26-42-24-23-40-9-7-10-41-25-30-52(58)63(42)62(40)41/h1-37H. The number of hydrogen-bond acceptors (Lipinski definition) is 0. The quantitative estimate of drug-likeness (QED) is 0.157. The maximum absolute atomic E-state index is 2.47. The molecule has 0 fully saturated rings. The molecule has 0 amide bonds. The van der Waals surface area contributed by atoms with Crippen molar-refractivity contribution in [2.24, 2.45) is 0 Å². The molecule has 4 aromatic heterocycles. The number of benzene rings is 12. The summed E-state index contributed by atoms with van der Waals surface area (Å²) in [4.78, 5) is 0. The van der Waals surface area contributed by atoms with Crippen LogP contribution in [-0.4, -0.2) is 13.5 Å². The summed E-state index contributed by atoms with van der Waals surface area (Å²) in [6.07, 6.45) is 0. The Morgan fingerprint density at radius 2 is 0.701 bits per heavy atom. The van der Waals surface area contributed by atoms with Crippen LogP contribution in [0.5, 0.6) is 0 Å². The molecule has 0 N–H and O–H groups in total. The summed E-state index contributed by atoms with van der Waals surface area (Å²) in [5, 5.41) is 18.0. The smallest absolute Gasteiger partial charge is 0.0620 e. The number of nitrogens with zero attached hydrogens (tertiary/aromatic N) is 3. The van der Waals surface area contributed by atoms with E-state index in [9.17, 15) is 0 Å². The van der Waals surface area contributed by atoms with Crippen LogP contribution in [0, 0.1) is 0 Å². The van der Waals surface area contributed by atoms with E-state index in [1.54, 1.807) is 0 Å². The van der Waals surface area contributed by atoms with Crippen molar-refractivity contribution in [1.82, 2.24) is 13.5 Å². The van der Waals surface area contributed by atoms with Crippen LogP contribution in [0.25, 0.3) is 148 Å². The lowest BCUT2D eigenvalue weighted by Gasteiger charge is -2.16. The van der Waals surface area contributed by atoms with Gasteiger partial charge < -0.3 is 13.5 Å². The third-order valence-corrected chi connectivity index (χ3v) is 15.1. The fraction of sp³-hybridized carbons (Fsp3) is 0. The summed E-state index contributed by atoms with van der Waals surface area (Å²) >= 11 is 0. The summed E-state index contributed by atoms with van der Waals surface area (Å²) in [7, 11) is 0. The number of para-hydroxylation sites is 4. The summed E-state index contributed by atoms with van der Waals surface area (Å²) in [5.74, 6) is 0. The molecule has 0 saturated heterocycles. The molecule has 308 valence electrons. The predicted molar refractivity (Wildman–Crippen MR) is 284 cm³/mol. The molecular weight excluding hydrogens is 811 g/mol. The van der Waals surface area contributed by atoms with Gasteiger partial charge in [0.25, 0.3) is 0 Å². The highest BCUT2D eigenvalue weighted by molar-refractivity contribution is 6.26. The second kappa shape index (κ2) is 12.9. The first-order valence-corrected chi connectivity index (χ1v) is 23.3. The second-order valence-electron chi connectivity index (χ2n) is 18.4. The zero-order chi connectivity index (χ0) is 43.5. The van der Waals surface area contributed by atoms with E-state index in [4.69, 9.17) is 0 Å². The van der Waals surface area contributed by atoms with E-state index >= 15 is 0 Å². The van der Waals surface area contributed by atoms with Gasteiger partial charge in [-0.1, -0.05) is 164 Å². The fourth-order valence-corrected chi connectivity index (χ4v) is 12.2. The maximum Gasteiger partial charge on any atom is 0.0620 e. The molecule has 12 aromatic carbocycles. The highest BCUT2D eigenvalue weighted by atomic mass is 15.0. The van der Waals surface area contributed by atoms with Crippen molar-refractivity contribution < 1.29 is 0 Å². The Labute approximate surface area is 383 Å². The van der Waals surface area contributed by atoms with Gasteiger partial charge in [0.15, 0.2) is 0 Å². The van der Waals surface area contributed by atoms with Crippen molar-refractivity contribution in [2.45, 2.75) is 0 Å². The Bertz CT molecular complexity index is 4720. The molecule has 0 atom stereocenters. The topological polar surface area (TPSA) is 14.3 Å². The molecular formula is C64H37N3. The Morgan fingerprint density at radius 3 is 1.37 bits per heavy atom. The number of aromatic nitrogens is 3. The van der Waals surface area contributed by atoms with Gasteiger partial charge in [0.05, 0.1) is 44.3 Å². The van der Waals surface area contributed by atoms with Crippen LogP contribution in [0.1, 0.15) is 0 Å². The van der Waals surface area contributed by atoms with E-state index in [2.05, 4.69) is 238 Å². The van der Waals surface area contributed by atoms with Crippen LogP contribution in [0.15, 0.2) is 224 Å². The van der Waals surface area contributed by atoms with Crippen LogP contribution in [0.2, 0.25) is 0 Å². The largest absolute Gasteiger partial charge is 0.309 e. The molecule has 3 nitrogen and oxygen atoms in total. The summed E-state index contributed by atoms with van der Waals surface area (Å²) in [6.45, 7) is 0. The molecule has 0 unspecified atom stereocenters. The summed E-state index contributed by atoms with van der Waals surface area (Å²) in [5.41, 5.74) is 15.8. The van der Waals surface area contributed by atoms with Crippen molar-refractivity contribution in [1.29, 1.82) is 0 Å². The lowest BCUT2D eigenvalue weighted by molar-refractivity contribution is 1.18. The first kappa shape index (κ1) is 35.4. The van der Waals surface area contributed by atoms with Crippen molar-refractivity contribution in [3.05, 3.63) is 224 Å². The zero-order valence-electron chi connectivity index (χ0n) is 36.2. The van der Waals surface area contributed by atoms with Crippen molar-refractivity contribution in [3.8, 4) is 33.6 Å². The van der Waals surface area contributed by atoms with Crippen LogP contribution >= 0.6 is 0 Å². The molecule has 3 heteroatoms. The monoisotopic (exact) mass is 847 g/mol. The van der Waals surface area contributed by atoms with E-state index < -0.39 is 0 Å². The van der Waals surface area contributed by atoms with Crippen LogP contribution < -0.4 is 0 Å². The van der Waals surface area contributed by atoms with Gasteiger partial charge in [-0.15, -0.1) is 0 Å². The SMILES string of the molecule is c1cc2ccc3ccc(-n4c5ccccc5c5cc(-c6ccc(-c7ccc8c(c7)c7ccccc7n8-c7ccc8c9cccc%10c%11ccccc%11n(c8c7)c%109)cc6)ccc54)c4ccc(c1)c2c34. The van der Waals surface area contributed by atoms with Gasteiger partial charge in [-0.2, -0.15) is 0 Å². The van der Waals surface area contributed by atoms with E-state index in [1.165, 1.54) is 142 Å². The first-order valence-electron chi connectivity index (χ1n) is 23.3. The average molecular weight is 848 g/mol. The third kappa shape index (κ3) is 4.69. The zero-order valence-corrected chi connectivity index (χ0v) is 36.2. The minimum Gasteiger partial charge on any atom is -0.309 e. The number of rotatable bonds is 4. The van der Waals surface area contributed by atoms with E-state index in [1.807, 2.05) is 0 Å². The second-order valence-corrected chi connectivity index (χ2v) is 18.4. The first-order chi connectivity index (χ1) is 33.2. The van der Waals surface area contributed by atoms with Gasteiger partial charge in [0, 0.05) is 54.2 Å². The lowest BCUT2D eigenvalue weighted by atomic mass is 9.93. The molecule has 4 heterocycles. The number of fused-ring (bicyclic) bond motifs is 12. The molecule has 0 aliphatic carbocycles. The normalized spacial score (nSPS) is 12.5. The van der Waals surface area contributed by atoms with E-state index in [-0.39, 0.29) is 0 Å². The van der Waals surface area contributed by atoms with Crippen molar-refractivity contribution >= 4 is 114 Å². The minimum absolute atomic E-state index is 1.16. The number of hydrogen-bond donors (Lipinski definition) is 0. The molecule has 16 rings (SSSR count). The Morgan fingerprint density at radius 1 is 0.239 bits per heavy atom. The molecule has 0 saturated carbocycles. The molecule has 0 aliphatic rings.